The highest BCUT2D eigenvalue weighted by Gasteiger charge is 2.36. The SMILES string of the molecule is CN(C)Cc1cc(C(=O)OCCCCCOC(=O)C(C)(F)c2ccc(-c3ccccc3)cc2)cc(Br)c1N. The standard InChI is InChI=1S/C30H34BrFN2O4/c1-30(32,25-14-12-22(13-15-25)21-10-6-4-7-11-21)29(36)38-17-9-5-8-16-37-28(35)23-18-24(20-34(2)3)27(33)26(31)19-23/h4,6-7,10-15,18-19H,5,8-9,16-17,20,33H2,1-3H3. The van der Waals surface area contributed by atoms with E-state index in [1.807, 2.05) is 49.3 Å². The minimum Gasteiger partial charge on any atom is -0.463 e. The summed E-state index contributed by atoms with van der Waals surface area (Å²) >= 11 is 3.40. The number of unbranched alkanes of at least 4 members (excludes halogenated alkanes) is 2. The van der Waals surface area contributed by atoms with Gasteiger partial charge in [0.1, 0.15) is 0 Å². The molecule has 0 heterocycles. The number of rotatable bonds is 12. The van der Waals surface area contributed by atoms with E-state index < -0.39 is 17.6 Å². The van der Waals surface area contributed by atoms with Crippen molar-refractivity contribution in [2.45, 2.75) is 38.4 Å². The van der Waals surface area contributed by atoms with Gasteiger partial charge in [0.25, 0.3) is 0 Å². The van der Waals surface area contributed by atoms with Crippen molar-refractivity contribution in [3.63, 3.8) is 0 Å². The number of nitrogens with two attached hydrogens (primary N) is 1. The summed E-state index contributed by atoms with van der Waals surface area (Å²) in [6.07, 6.45) is 1.79. The van der Waals surface area contributed by atoms with Crippen molar-refractivity contribution in [3.05, 3.63) is 87.9 Å². The minimum atomic E-state index is -2.25. The monoisotopic (exact) mass is 584 g/mol. The molecule has 38 heavy (non-hydrogen) atoms. The predicted octanol–water partition coefficient (Wildman–Crippen LogP) is 6.52. The van der Waals surface area contributed by atoms with E-state index in [4.69, 9.17) is 15.2 Å². The van der Waals surface area contributed by atoms with E-state index in [9.17, 15) is 9.59 Å². The van der Waals surface area contributed by atoms with Crippen molar-refractivity contribution in [1.29, 1.82) is 0 Å². The van der Waals surface area contributed by atoms with Gasteiger partial charge < -0.3 is 20.1 Å². The minimum absolute atomic E-state index is 0.0905. The summed E-state index contributed by atoms with van der Waals surface area (Å²) in [5.41, 5.74) is 7.91. The van der Waals surface area contributed by atoms with Gasteiger partial charge >= 0.3 is 11.9 Å². The summed E-state index contributed by atoms with van der Waals surface area (Å²) in [6.45, 7) is 2.13. The molecule has 0 saturated carbocycles. The third-order valence-corrected chi connectivity index (χ3v) is 6.77. The van der Waals surface area contributed by atoms with E-state index in [0.29, 0.717) is 41.5 Å². The molecule has 0 radical (unpaired) electrons. The number of alkyl halides is 1. The molecule has 3 aromatic carbocycles. The first-order valence-electron chi connectivity index (χ1n) is 12.5. The molecule has 0 spiro atoms. The van der Waals surface area contributed by atoms with E-state index in [1.165, 1.54) is 6.92 Å². The molecule has 1 atom stereocenters. The van der Waals surface area contributed by atoms with Gasteiger partial charge in [-0.3, -0.25) is 0 Å². The summed E-state index contributed by atoms with van der Waals surface area (Å²) in [4.78, 5) is 26.8. The lowest BCUT2D eigenvalue weighted by Crippen LogP contribution is -2.30. The average Bonchev–Trinajstić information content (AvgIpc) is 2.90. The number of benzene rings is 3. The van der Waals surface area contributed by atoms with Gasteiger partial charge in [-0.1, -0.05) is 54.6 Å². The normalized spacial score (nSPS) is 12.7. The van der Waals surface area contributed by atoms with Crippen LogP contribution in [0.4, 0.5) is 10.1 Å². The van der Waals surface area contributed by atoms with Crippen LogP contribution in [0.1, 0.15) is 47.7 Å². The third kappa shape index (κ3) is 7.88. The molecule has 1 unspecified atom stereocenters. The molecular formula is C30H34BrFN2O4. The Kier molecular flexibility index (Phi) is 10.4. The summed E-state index contributed by atoms with van der Waals surface area (Å²) < 4.78 is 26.5. The number of hydrogen-bond donors (Lipinski definition) is 1. The third-order valence-electron chi connectivity index (χ3n) is 6.11. The molecule has 0 aliphatic rings. The van der Waals surface area contributed by atoms with Crippen molar-refractivity contribution < 1.29 is 23.5 Å². The maximum absolute atomic E-state index is 15.2. The van der Waals surface area contributed by atoms with Crippen molar-refractivity contribution in [3.8, 4) is 11.1 Å². The van der Waals surface area contributed by atoms with E-state index in [-0.39, 0.29) is 18.8 Å². The molecule has 202 valence electrons. The van der Waals surface area contributed by atoms with Crippen LogP contribution in [0.5, 0.6) is 0 Å². The maximum Gasteiger partial charge on any atom is 0.348 e. The summed E-state index contributed by atoms with van der Waals surface area (Å²) in [5, 5.41) is 0. The zero-order chi connectivity index (χ0) is 27.7. The average molecular weight is 586 g/mol. The first-order valence-corrected chi connectivity index (χ1v) is 13.3. The highest BCUT2D eigenvalue weighted by molar-refractivity contribution is 9.10. The van der Waals surface area contributed by atoms with Gasteiger partial charge in [-0.25, -0.2) is 14.0 Å². The Labute approximate surface area is 232 Å². The Morgan fingerprint density at radius 2 is 1.53 bits per heavy atom. The van der Waals surface area contributed by atoms with Crippen molar-refractivity contribution in [2.75, 3.05) is 33.0 Å². The summed E-state index contributed by atoms with van der Waals surface area (Å²) in [5.74, 6) is -1.34. The zero-order valence-corrected chi connectivity index (χ0v) is 23.6. The highest BCUT2D eigenvalue weighted by Crippen LogP contribution is 2.30. The van der Waals surface area contributed by atoms with Gasteiger partial charge in [0.15, 0.2) is 0 Å². The Bertz CT molecular complexity index is 1230. The van der Waals surface area contributed by atoms with E-state index >= 15 is 4.39 Å². The Morgan fingerprint density at radius 1 is 0.921 bits per heavy atom. The van der Waals surface area contributed by atoms with Crippen LogP contribution in [0.2, 0.25) is 0 Å². The number of esters is 2. The van der Waals surface area contributed by atoms with E-state index in [2.05, 4.69) is 15.9 Å². The van der Waals surface area contributed by atoms with Crippen LogP contribution >= 0.6 is 15.9 Å². The molecule has 0 aromatic heterocycles. The van der Waals surface area contributed by atoms with Crippen molar-refractivity contribution in [2.24, 2.45) is 0 Å². The number of carbonyl (C=O) groups is 2. The van der Waals surface area contributed by atoms with Crippen molar-refractivity contribution >= 4 is 33.6 Å². The molecule has 0 aliphatic heterocycles. The van der Waals surface area contributed by atoms with Gasteiger partial charge in [0.05, 0.1) is 24.5 Å². The van der Waals surface area contributed by atoms with Gasteiger partial charge in [-0.2, -0.15) is 0 Å². The second-order valence-electron chi connectivity index (χ2n) is 9.55. The van der Waals surface area contributed by atoms with E-state index in [0.717, 1.165) is 16.7 Å². The first kappa shape index (κ1) is 29.3. The maximum atomic E-state index is 15.2. The lowest BCUT2D eigenvalue weighted by Gasteiger charge is -2.19. The molecule has 0 aliphatic carbocycles. The number of carbonyl (C=O) groups excluding carboxylic acids is 2. The van der Waals surface area contributed by atoms with Gasteiger partial charge in [-0.15, -0.1) is 0 Å². The number of hydrogen-bond acceptors (Lipinski definition) is 6. The lowest BCUT2D eigenvalue weighted by molar-refractivity contribution is -0.157. The molecule has 8 heteroatoms. The first-order chi connectivity index (χ1) is 18.1. The molecule has 3 aromatic rings. The highest BCUT2D eigenvalue weighted by atomic mass is 79.9. The lowest BCUT2D eigenvalue weighted by atomic mass is 9.95. The number of anilines is 1. The zero-order valence-electron chi connectivity index (χ0n) is 22.0. The summed E-state index contributed by atoms with van der Waals surface area (Å²) in [7, 11) is 3.85. The number of nitrogen functional groups attached to an aromatic ring is 1. The fourth-order valence-corrected chi connectivity index (χ4v) is 4.42. The fourth-order valence-electron chi connectivity index (χ4n) is 3.92. The fraction of sp³-hybridized carbons (Fsp3) is 0.333. The second kappa shape index (κ2) is 13.5. The van der Waals surface area contributed by atoms with Crippen LogP contribution in [0.3, 0.4) is 0 Å². The van der Waals surface area contributed by atoms with Crippen LogP contribution in [0.25, 0.3) is 11.1 Å². The quantitative estimate of drug-likeness (QED) is 0.148. The number of halogens is 2. The Hall–Kier alpha value is -3.23. The number of nitrogens with zero attached hydrogens (tertiary/aromatic N) is 1. The molecule has 0 saturated heterocycles. The molecule has 0 bridgehead atoms. The van der Waals surface area contributed by atoms with Crippen LogP contribution < -0.4 is 5.73 Å². The molecule has 3 rings (SSSR count). The van der Waals surface area contributed by atoms with Crippen LogP contribution in [0, 0.1) is 0 Å². The smallest absolute Gasteiger partial charge is 0.348 e. The summed E-state index contributed by atoms with van der Waals surface area (Å²) in [6, 6.07) is 20.0. The predicted molar refractivity (Wildman–Crippen MR) is 151 cm³/mol. The molecule has 0 amide bonds. The Morgan fingerprint density at radius 3 is 2.16 bits per heavy atom. The molecular weight excluding hydrogens is 551 g/mol. The van der Waals surface area contributed by atoms with E-state index in [1.54, 1.807) is 36.4 Å². The van der Waals surface area contributed by atoms with Crippen LogP contribution in [-0.4, -0.2) is 44.1 Å². The molecule has 6 nitrogen and oxygen atoms in total. The van der Waals surface area contributed by atoms with Crippen LogP contribution in [0.15, 0.2) is 71.2 Å². The topological polar surface area (TPSA) is 81.9 Å². The Balaban J connectivity index is 1.40. The van der Waals surface area contributed by atoms with Crippen molar-refractivity contribution in [1.82, 2.24) is 4.90 Å². The van der Waals surface area contributed by atoms with Crippen LogP contribution in [-0.2, 0) is 26.5 Å². The van der Waals surface area contributed by atoms with Gasteiger partial charge in [0, 0.05) is 16.6 Å². The number of ether oxygens (including phenoxy) is 2. The van der Waals surface area contributed by atoms with Gasteiger partial charge in [0.2, 0.25) is 5.67 Å². The van der Waals surface area contributed by atoms with Gasteiger partial charge in [-0.05, 0) is 85.0 Å². The molecule has 0 fully saturated rings. The largest absolute Gasteiger partial charge is 0.463 e. The molecule has 2 N–H and O–H groups in total. The second-order valence-corrected chi connectivity index (χ2v) is 10.4.